The van der Waals surface area contributed by atoms with Crippen LogP contribution < -0.4 is 11.7 Å². The van der Waals surface area contributed by atoms with E-state index in [0.29, 0.717) is 0 Å². The van der Waals surface area contributed by atoms with Gasteiger partial charge in [-0.15, -0.1) is 10.1 Å². The minimum absolute atomic E-state index is 0.602. The first-order chi connectivity index (χ1) is 7.34. The van der Waals surface area contributed by atoms with Crippen molar-refractivity contribution in [2.75, 3.05) is 0 Å². The van der Waals surface area contributed by atoms with Gasteiger partial charge in [0.05, 0.1) is 5.56 Å². The van der Waals surface area contributed by atoms with E-state index in [-0.39, 0.29) is 0 Å². The molecule has 0 heterocycles. The Morgan fingerprint density at radius 2 is 1.50 bits per heavy atom. The minimum Gasteiger partial charge on any atom is -0.328 e. The Bertz CT molecular complexity index is 288. The van der Waals surface area contributed by atoms with Gasteiger partial charge in [-0.3, -0.25) is 11.7 Å². The molecule has 0 bridgehead atoms. The van der Waals surface area contributed by atoms with E-state index in [1.165, 1.54) is 12.1 Å². The van der Waals surface area contributed by atoms with Crippen LogP contribution in [0.2, 0.25) is 0 Å². The third-order valence-electron chi connectivity index (χ3n) is 1.10. The Morgan fingerprint density at radius 1 is 1.19 bits per heavy atom. The van der Waals surface area contributed by atoms with Crippen LogP contribution >= 0.6 is 0 Å². The molecule has 0 aliphatic heterocycles. The van der Waals surface area contributed by atoms with Crippen LogP contribution in [-0.2, 0) is 6.18 Å². The highest BCUT2D eigenvalue weighted by Gasteiger charge is 2.29. The van der Waals surface area contributed by atoms with Crippen LogP contribution in [0.3, 0.4) is 0 Å². The number of alkyl halides is 3. The number of hydrazine groups is 1. The summed E-state index contributed by atoms with van der Waals surface area (Å²) in [6.45, 7) is 0. The summed E-state index contributed by atoms with van der Waals surface area (Å²) in [5, 5.41) is 13.6. The van der Waals surface area contributed by atoms with E-state index in [1.54, 1.807) is 6.07 Å². The molecular formula is C7H10F3N3O3. The number of benzene rings is 1. The maximum atomic E-state index is 11.8. The zero-order valence-corrected chi connectivity index (χ0v) is 7.89. The van der Waals surface area contributed by atoms with Gasteiger partial charge in [0.25, 0.3) is 5.09 Å². The lowest BCUT2D eigenvalue weighted by Crippen LogP contribution is -2.03. The van der Waals surface area contributed by atoms with Gasteiger partial charge >= 0.3 is 6.18 Å². The van der Waals surface area contributed by atoms with Crippen molar-refractivity contribution >= 4 is 0 Å². The van der Waals surface area contributed by atoms with Crippen molar-refractivity contribution in [2.45, 2.75) is 6.18 Å². The smallest absolute Gasteiger partial charge is 0.328 e. The van der Waals surface area contributed by atoms with Gasteiger partial charge in [0.15, 0.2) is 0 Å². The van der Waals surface area contributed by atoms with Gasteiger partial charge in [0.1, 0.15) is 0 Å². The van der Waals surface area contributed by atoms with E-state index in [4.69, 9.17) is 15.3 Å². The third kappa shape index (κ3) is 10.2. The summed E-state index contributed by atoms with van der Waals surface area (Å²) < 4.78 is 35.4. The summed E-state index contributed by atoms with van der Waals surface area (Å²) in [7, 11) is 0. The quantitative estimate of drug-likeness (QED) is 0.358. The fraction of sp³-hybridized carbons (Fsp3) is 0.143. The second-order valence-electron chi connectivity index (χ2n) is 2.10. The monoisotopic (exact) mass is 241 g/mol. The SMILES string of the molecule is FC(F)(F)c1ccccc1.NN.O=[N+]([O-])O. The summed E-state index contributed by atoms with van der Waals surface area (Å²) >= 11 is 0. The number of rotatable bonds is 0. The highest BCUT2D eigenvalue weighted by atomic mass is 19.4. The molecule has 0 amide bonds. The normalized spacial score (nSPS) is 9.06. The first kappa shape index (κ1) is 16.6. The molecule has 0 saturated carbocycles. The molecule has 9 heteroatoms. The second-order valence-corrected chi connectivity index (χ2v) is 2.10. The minimum atomic E-state index is -4.21. The molecule has 1 rings (SSSR count). The van der Waals surface area contributed by atoms with Crippen LogP contribution in [0.15, 0.2) is 30.3 Å². The van der Waals surface area contributed by atoms with Gasteiger partial charge in [-0.25, -0.2) is 0 Å². The Labute approximate surface area is 88.4 Å². The first-order valence-electron chi connectivity index (χ1n) is 3.63. The van der Waals surface area contributed by atoms with Crippen molar-refractivity contribution in [1.29, 1.82) is 0 Å². The number of nitrogens with two attached hydrogens (primary N) is 2. The number of hydrogen-bond donors (Lipinski definition) is 3. The predicted octanol–water partition coefficient (Wildman–Crippen LogP) is 1.18. The van der Waals surface area contributed by atoms with Crippen molar-refractivity contribution in [1.82, 2.24) is 0 Å². The number of hydrogen-bond acceptors (Lipinski definition) is 4. The molecule has 0 radical (unpaired) electrons. The average molecular weight is 241 g/mol. The zero-order chi connectivity index (χ0) is 13.2. The molecule has 0 atom stereocenters. The topological polar surface area (TPSA) is 115 Å². The lowest BCUT2D eigenvalue weighted by atomic mass is 10.2. The number of nitrogens with zero attached hydrogens (tertiary/aromatic N) is 1. The maximum absolute atomic E-state index is 11.8. The third-order valence-corrected chi connectivity index (χ3v) is 1.10. The second kappa shape index (κ2) is 8.44. The fourth-order valence-corrected chi connectivity index (χ4v) is 0.627. The van der Waals surface area contributed by atoms with Crippen molar-refractivity contribution in [3.63, 3.8) is 0 Å². The van der Waals surface area contributed by atoms with E-state index in [1.807, 2.05) is 0 Å². The van der Waals surface area contributed by atoms with Crippen molar-refractivity contribution in [2.24, 2.45) is 11.7 Å². The standard InChI is InChI=1S/C7H5F3.H4N2.HNO3/c8-7(9,10)6-4-2-1-3-5-6;1-2;2-1(3)4/h1-5H;1-2H2;(H,2,3,4). The maximum Gasteiger partial charge on any atom is 0.416 e. The van der Waals surface area contributed by atoms with E-state index in [9.17, 15) is 13.2 Å². The Hall–Kier alpha value is -1.87. The van der Waals surface area contributed by atoms with Crippen LogP contribution in [0.25, 0.3) is 0 Å². The highest BCUT2D eigenvalue weighted by molar-refractivity contribution is 5.17. The van der Waals surface area contributed by atoms with Crippen molar-refractivity contribution < 1.29 is 23.5 Å². The molecule has 0 unspecified atom stereocenters. The molecule has 1 aromatic carbocycles. The first-order valence-corrected chi connectivity index (χ1v) is 3.63. The van der Waals surface area contributed by atoms with E-state index < -0.39 is 16.8 Å². The lowest BCUT2D eigenvalue weighted by Gasteiger charge is -2.03. The molecule has 0 fully saturated rings. The zero-order valence-electron chi connectivity index (χ0n) is 7.89. The van der Waals surface area contributed by atoms with Crippen molar-refractivity contribution in [3.05, 3.63) is 46.0 Å². The molecule has 1 aromatic rings. The van der Waals surface area contributed by atoms with E-state index >= 15 is 0 Å². The lowest BCUT2D eigenvalue weighted by molar-refractivity contribution is -0.742. The van der Waals surface area contributed by atoms with E-state index in [0.717, 1.165) is 12.1 Å². The molecule has 16 heavy (non-hydrogen) atoms. The van der Waals surface area contributed by atoms with Crippen LogP contribution in [0, 0.1) is 10.1 Å². The van der Waals surface area contributed by atoms with Crippen LogP contribution in [0.4, 0.5) is 13.2 Å². The molecule has 0 aromatic heterocycles. The predicted molar refractivity (Wildman–Crippen MR) is 48.6 cm³/mol. The van der Waals surface area contributed by atoms with Crippen LogP contribution in [-0.4, -0.2) is 10.3 Å². The average Bonchev–Trinajstić information content (AvgIpc) is 2.20. The van der Waals surface area contributed by atoms with Gasteiger partial charge in [0, 0.05) is 0 Å². The van der Waals surface area contributed by atoms with Gasteiger partial charge in [0.2, 0.25) is 0 Å². The van der Waals surface area contributed by atoms with Crippen molar-refractivity contribution in [3.8, 4) is 0 Å². The van der Waals surface area contributed by atoms with Gasteiger partial charge in [-0.2, -0.15) is 13.2 Å². The Kier molecular flexibility index (Phi) is 8.73. The summed E-state index contributed by atoms with van der Waals surface area (Å²) in [6.07, 6.45) is -4.21. The van der Waals surface area contributed by atoms with Crippen LogP contribution in [0.1, 0.15) is 5.56 Å². The van der Waals surface area contributed by atoms with Gasteiger partial charge < -0.3 is 5.21 Å². The van der Waals surface area contributed by atoms with E-state index in [2.05, 4.69) is 11.7 Å². The summed E-state index contributed by atoms with van der Waals surface area (Å²) in [4.78, 5) is 8.36. The number of halogens is 3. The highest BCUT2D eigenvalue weighted by Crippen LogP contribution is 2.28. The van der Waals surface area contributed by atoms with Gasteiger partial charge in [-0.05, 0) is 0 Å². The Balaban J connectivity index is 0. The summed E-state index contributed by atoms with van der Waals surface area (Å²) in [5.74, 6) is 8.00. The summed E-state index contributed by atoms with van der Waals surface area (Å²) in [5.41, 5.74) is -0.602. The molecule has 92 valence electrons. The van der Waals surface area contributed by atoms with Gasteiger partial charge in [-0.1, -0.05) is 30.3 Å². The fourth-order valence-electron chi connectivity index (χ4n) is 0.627. The summed E-state index contributed by atoms with van der Waals surface area (Å²) in [6, 6.07) is 6.36. The molecule has 0 aliphatic carbocycles. The van der Waals surface area contributed by atoms with Crippen LogP contribution in [0.5, 0.6) is 0 Å². The Morgan fingerprint density at radius 3 is 1.69 bits per heavy atom. The molecule has 0 saturated heterocycles. The molecule has 6 nitrogen and oxygen atoms in total. The largest absolute Gasteiger partial charge is 0.416 e. The molecule has 0 aliphatic rings. The molecular weight excluding hydrogens is 231 g/mol. The molecule has 5 N–H and O–H groups in total. The molecule has 0 spiro atoms.